The summed E-state index contributed by atoms with van der Waals surface area (Å²) in [5.74, 6) is 1.63. The van der Waals surface area contributed by atoms with Crippen molar-refractivity contribution in [1.29, 1.82) is 0 Å². The number of hydrogen-bond acceptors (Lipinski definition) is 6. The molecule has 1 aromatic rings. The summed E-state index contributed by atoms with van der Waals surface area (Å²) in [4.78, 5) is 35.7. The van der Waals surface area contributed by atoms with Crippen molar-refractivity contribution < 1.29 is 24.0 Å². The molecule has 156 valence electrons. The van der Waals surface area contributed by atoms with Gasteiger partial charge in [-0.1, -0.05) is 0 Å². The van der Waals surface area contributed by atoms with E-state index in [1.807, 2.05) is 0 Å². The van der Waals surface area contributed by atoms with Crippen LogP contribution in [0.4, 0.5) is 11.4 Å². The third-order valence-corrected chi connectivity index (χ3v) is 6.81. The number of rotatable bonds is 6. The molecule has 4 fully saturated rings. The van der Waals surface area contributed by atoms with Crippen LogP contribution in [0.3, 0.4) is 0 Å². The van der Waals surface area contributed by atoms with Crippen molar-refractivity contribution in [2.75, 3.05) is 12.4 Å². The second kappa shape index (κ2) is 7.65. The van der Waals surface area contributed by atoms with Crippen LogP contribution in [0.25, 0.3) is 0 Å². The fourth-order valence-corrected chi connectivity index (χ4v) is 5.75. The van der Waals surface area contributed by atoms with Gasteiger partial charge in [-0.05, 0) is 68.8 Å². The van der Waals surface area contributed by atoms with Crippen molar-refractivity contribution in [2.45, 2.75) is 45.1 Å². The van der Waals surface area contributed by atoms with E-state index < -0.39 is 16.9 Å². The number of carbonyl (C=O) groups is 2. The number of hydrogen-bond donors (Lipinski definition) is 1. The van der Waals surface area contributed by atoms with Crippen LogP contribution in [0.1, 0.15) is 39.0 Å². The van der Waals surface area contributed by atoms with Gasteiger partial charge in [0.1, 0.15) is 5.75 Å². The van der Waals surface area contributed by atoms with Crippen molar-refractivity contribution in [3.63, 3.8) is 0 Å². The van der Waals surface area contributed by atoms with Gasteiger partial charge in [0.15, 0.2) is 6.10 Å². The summed E-state index contributed by atoms with van der Waals surface area (Å²) in [6.45, 7) is 1.54. The molecule has 8 heteroatoms. The average molecular weight is 402 g/mol. The first kappa shape index (κ1) is 19.7. The van der Waals surface area contributed by atoms with Gasteiger partial charge < -0.3 is 14.8 Å². The van der Waals surface area contributed by atoms with Crippen LogP contribution in [-0.2, 0) is 14.3 Å². The number of nitro benzene ring substituents is 1. The number of amides is 1. The Labute approximate surface area is 169 Å². The number of esters is 1. The van der Waals surface area contributed by atoms with E-state index in [9.17, 15) is 19.7 Å². The number of anilines is 1. The molecular formula is C21H26N2O6. The molecule has 1 amide bonds. The lowest BCUT2D eigenvalue weighted by Gasteiger charge is -2.53. The van der Waals surface area contributed by atoms with Gasteiger partial charge in [-0.15, -0.1) is 0 Å². The Bertz CT molecular complexity index is 810. The lowest BCUT2D eigenvalue weighted by Crippen LogP contribution is -2.49. The smallest absolute Gasteiger partial charge is 0.310 e. The summed E-state index contributed by atoms with van der Waals surface area (Å²) in [5, 5.41) is 13.5. The molecule has 5 rings (SSSR count). The molecule has 29 heavy (non-hydrogen) atoms. The average Bonchev–Trinajstić information content (AvgIpc) is 2.67. The molecule has 8 nitrogen and oxygen atoms in total. The van der Waals surface area contributed by atoms with Crippen LogP contribution in [0.5, 0.6) is 5.75 Å². The molecule has 0 radical (unpaired) electrons. The predicted octanol–water partition coefficient (Wildman–Crippen LogP) is 3.55. The van der Waals surface area contributed by atoms with Gasteiger partial charge in [-0.25, -0.2) is 0 Å². The maximum atomic E-state index is 12.8. The van der Waals surface area contributed by atoms with Crippen LogP contribution >= 0.6 is 0 Å². The van der Waals surface area contributed by atoms with Crippen molar-refractivity contribution in [3.8, 4) is 5.75 Å². The Morgan fingerprint density at radius 2 is 1.76 bits per heavy atom. The Kier molecular flexibility index (Phi) is 5.19. The Hall–Kier alpha value is -2.64. The van der Waals surface area contributed by atoms with E-state index in [0.29, 0.717) is 17.5 Å². The van der Waals surface area contributed by atoms with Crippen molar-refractivity contribution >= 4 is 23.3 Å². The Morgan fingerprint density at radius 3 is 2.31 bits per heavy atom. The van der Waals surface area contributed by atoms with Gasteiger partial charge in [-0.2, -0.15) is 0 Å². The van der Waals surface area contributed by atoms with Crippen LogP contribution in [0.15, 0.2) is 18.2 Å². The molecule has 4 saturated carbocycles. The largest absolute Gasteiger partial charge is 0.494 e. The van der Waals surface area contributed by atoms with Crippen molar-refractivity contribution in [2.24, 2.45) is 29.6 Å². The standard InChI is InChI=1S/C21H26N2O6/c1-11(20(24)22-17-4-3-16(23(26)27)10-18(17)28-2)29-21(25)19-14-6-12-5-13(8-14)9-15(19)7-12/h3-4,10-15,19H,5-9H2,1-2H3,(H,22,24)/t11-,12?,13?,14?,15?,19?/m0/s1. The number of nitro groups is 1. The quantitative estimate of drug-likeness (QED) is 0.443. The zero-order valence-corrected chi connectivity index (χ0v) is 16.6. The SMILES string of the molecule is COc1cc([N+](=O)[O-])ccc1NC(=O)[C@H](C)OC(=O)C1C2CC3CC(C2)CC1C3. The fourth-order valence-electron chi connectivity index (χ4n) is 5.75. The molecule has 0 spiro atoms. The minimum absolute atomic E-state index is 0.0908. The molecule has 0 unspecified atom stereocenters. The first-order chi connectivity index (χ1) is 13.9. The van der Waals surface area contributed by atoms with E-state index in [1.165, 1.54) is 31.7 Å². The highest BCUT2D eigenvalue weighted by atomic mass is 16.6. The minimum atomic E-state index is -0.959. The number of benzene rings is 1. The van der Waals surface area contributed by atoms with Gasteiger partial charge >= 0.3 is 5.97 Å². The molecule has 1 atom stereocenters. The van der Waals surface area contributed by atoms with Crippen LogP contribution in [-0.4, -0.2) is 30.0 Å². The minimum Gasteiger partial charge on any atom is -0.494 e. The summed E-state index contributed by atoms with van der Waals surface area (Å²) in [6.07, 6.45) is 4.77. The van der Waals surface area contributed by atoms with Gasteiger partial charge in [0.25, 0.3) is 11.6 Å². The molecule has 4 aliphatic rings. The van der Waals surface area contributed by atoms with Gasteiger partial charge in [0.05, 0.1) is 29.7 Å². The molecule has 4 bridgehead atoms. The maximum absolute atomic E-state index is 12.8. The van der Waals surface area contributed by atoms with Crippen molar-refractivity contribution in [3.05, 3.63) is 28.3 Å². The van der Waals surface area contributed by atoms with Gasteiger partial charge in [-0.3, -0.25) is 19.7 Å². The van der Waals surface area contributed by atoms with E-state index in [-0.39, 0.29) is 23.3 Å². The molecular weight excluding hydrogens is 376 g/mol. The fraction of sp³-hybridized carbons (Fsp3) is 0.619. The topological polar surface area (TPSA) is 108 Å². The summed E-state index contributed by atoms with van der Waals surface area (Å²) in [6, 6.07) is 3.92. The zero-order chi connectivity index (χ0) is 20.7. The number of nitrogens with one attached hydrogen (secondary N) is 1. The van der Waals surface area contributed by atoms with Gasteiger partial charge in [0.2, 0.25) is 0 Å². The Morgan fingerprint density at radius 1 is 1.14 bits per heavy atom. The summed E-state index contributed by atoms with van der Waals surface area (Å²) in [7, 11) is 1.37. The van der Waals surface area contributed by atoms with E-state index in [4.69, 9.17) is 9.47 Å². The highest BCUT2D eigenvalue weighted by Crippen LogP contribution is 2.56. The predicted molar refractivity (Wildman–Crippen MR) is 104 cm³/mol. The monoisotopic (exact) mass is 402 g/mol. The molecule has 0 saturated heterocycles. The van der Waals surface area contributed by atoms with Gasteiger partial charge in [0, 0.05) is 6.07 Å². The number of carbonyl (C=O) groups excluding carboxylic acids is 2. The summed E-state index contributed by atoms with van der Waals surface area (Å²) in [5.41, 5.74) is 0.154. The molecule has 0 heterocycles. The van der Waals surface area contributed by atoms with E-state index in [1.54, 1.807) is 6.92 Å². The lowest BCUT2D eigenvalue weighted by atomic mass is 9.52. The molecule has 0 aromatic heterocycles. The normalized spacial score (nSPS) is 30.5. The Balaban J connectivity index is 1.39. The first-order valence-electron chi connectivity index (χ1n) is 10.2. The second-order valence-electron chi connectivity index (χ2n) is 8.67. The van der Waals surface area contributed by atoms with Crippen LogP contribution in [0, 0.1) is 39.7 Å². The maximum Gasteiger partial charge on any atom is 0.310 e. The third-order valence-electron chi connectivity index (χ3n) is 6.81. The molecule has 1 aromatic carbocycles. The number of methoxy groups -OCH3 is 1. The number of non-ortho nitro benzene ring substituents is 1. The van der Waals surface area contributed by atoms with E-state index >= 15 is 0 Å². The zero-order valence-electron chi connectivity index (χ0n) is 16.6. The molecule has 0 aliphatic heterocycles. The van der Waals surface area contributed by atoms with Crippen LogP contribution < -0.4 is 10.1 Å². The molecule has 1 N–H and O–H groups in total. The van der Waals surface area contributed by atoms with Crippen molar-refractivity contribution in [1.82, 2.24) is 0 Å². The summed E-state index contributed by atoms with van der Waals surface area (Å²) < 4.78 is 10.7. The first-order valence-corrected chi connectivity index (χ1v) is 10.2. The number of ether oxygens (including phenoxy) is 2. The second-order valence-corrected chi connectivity index (χ2v) is 8.67. The lowest BCUT2D eigenvalue weighted by molar-refractivity contribution is -0.384. The highest BCUT2D eigenvalue weighted by Gasteiger charge is 2.51. The number of nitrogens with zero attached hydrogens (tertiary/aromatic N) is 1. The van der Waals surface area contributed by atoms with Crippen LogP contribution in [0.2, 0.25) is 0 Å². The van der Waals surface area contributed by atoms with E-state index in [0.717, 1.165) is 37.5 Å². The third kappa shape index (κ3) is 3.80. The summed E-state index contributed by atoms with van der Waals surface area (Å²) >= 11 is 0. The highest BCUT2D eigenvalue weighted by molar-refractivity contribution is 5.96. The molecule has 4 aliphatic carbocycles. The van der Waals surface area contributed by atoms with E-state index in [2.05, 4.69) is 5.32 Å².